The summed E-state index contributed by atoms with van der Waals surface area (Å²) in [5.41, 5.74) is 1.82. The molecular formula is C25H34O6. The standard InChI is InChI=1S/C25H34O6/c1-17(2)21-14-24(31-25(21)27)22(26)16-29-15-19-8-10-20(9-7-18-5-6-18)23(13-19)30-12-4-11-28-3/h8,10,13,17-18,21-22,24,26H,4-6,11-12,14-16H2,1-3H3. The number of rotatable bonds is 11. The Labute approximate surface area is 185 Å². The van der Waals surface area contributed by atoms with Gasteiger partial charge in [-0.15, -0.1) is 0 Å². The van der Waals surface area contributed by atoms with Gasteiger partial charge in [-0.25, -0.2) is 0 Å². The number of esters is 1. The fraction of sp³-hybridized carbons (Fsp3) is 0.640. The number of carbonyl (C=O) groups is 1. The minimum atomic E-state index is -0.832. The van der Waals surface area contributed by atoms with Gasteiger partial charge in [-0.2, -0.15) is 0 Å². The van der Waals surface area contributed by atoms with Crippen LogP contribution in [0, 0.1) is 29.6 Å². The number of hydrogen-bond donors (Lipinski definition) is 1. The molecule has 6 heteroatoms. The Balaban J connectivity index is 1.53. The van der Waals surface area contributed by atoms with Crippen molar-refractivity contribution in [3.8, 4) is 17.6 Å². The largest absolute Gasteiger partial charge is 0.492 e. The van der Waals surface area contributed by atoms with Gasteiger partial charge in [0, 0.05) is 32.5 Å². The lowest BCUT2D eigenvalue weighted by atomic mass is 9.91. The topological polar surface area (TPSA) is 74.2 Å². The molecule has 1 heterocycles. The van der Waals surface area contributed by atoms with Gasteiger partial charge in [0.05, 0.1) is 31.3 Å². The molecule has 1 saturated heterocycles. The first-order chi connectivity index (χ1) is 15.0. The summed E-state index contributed by atoms with van der Waals surface area (Å²) in [6.07, 6.45) is 2.37. The summed E-state index contributed by atoms with van der Waals surface area (Å²) in [6, 6.07) is 5.87. The lowest BCUT2D eigenvalue weighted by Gasteiger charge is -2.17. The zero-order valence-electron chi connectivity index (χ0n) is 18.8. The minimum Gasteiger partial charge on any atom is -0.492 e. The Morgan fingerprint density at radius 1 is 1.26 bits per heavy atom. The Morgan fingerprint density at radius 3 is 2.74 bits per heavy atom. The number of ether oxygens (including phenoxy) is 4. The predicted octanol–water partition coefficient (Wildman–Crippen LogP) is 3.33. The average Bonchev–Trinajstić information content (AvgIpc) is 3.49. The molecule has 31 heavy (non-hydrogen) atoms. The lowest BCUT2D eigenvalue weighted by Crippen LogP contribution is -2.30. The maximum atomic E-state index is 11.9. The van der Waals surface area contributed by atoms with Crippen LogP contribution in [-0.4, -0.2) is 50.2 Å². The quantitative estimate of drug-likeness (QED) is 0.330. The number of methoxy groups -OCH3 is 1. The molecule has 2 fully saturated rings. The van der Waals surface area contributed by atoms with Crippen molar-refractivity contribution in [1.82, 2.24) is 0 Å². The van der Waals surface area contributed by atoms with E-state index >= 15 is 0 Å². The van der Waals surface area contributed by atoms with E-state index in [0.29, 0.717) is 32.2 Å². The third-order valence-electron chi connectivity index (χ3n) is 5.63. The van der Waals surface area contributed by atoms with Crippen molar-refractivity contribution < 1.29 is 28.8 Å². The summed E-state index contributed by atoms with van der Waals surface area (Å²) < 4.78 is 22.1. The van der Waals surface area contributed by atoms with Crippen LogP contribution in [0.4, 0.5) is 0 Å². The molecule has 3 atom stereocenters. The Bertz CT molecular complexity index is 789. The Hall–Kier alpha value is -2.07. The van der Waals surface area contributed by atoms with E-state index < -0.39 is 12.2 Å². The highest BCUT2D eigenvalue weighted by Crippen LogP contribution is 2.30. The van der Waals surface area contributed by atoms with Crippen molar-refractivity contribution in [2.24, 2.45) is 17.8 Å². The molecule has 0 aromatic heterocycles. The second kappa shape index (κ2) is 11.5. The van der Waals surface area contributed by atoms with Crippen molar-refractivity contribution in [2.45, 2.75) is 58.3 Å². The van der Waals surface area contributed by atoms with Gasteiger partial charge >= 0.3 is 5.97 Å². The van der Waals surface area contributed by atoms with Gasteiger partial charge in [0.1, 0.15) is 18.0 Å². The van der Waals surface area contributed by atoms with Gasteiger partial charge in [-0.3, -0.25) is 4.79 Å². The normalized spacial score (nSPS) is 21.5. The van der Waals surface area contributed by atoms with E-state index in [2.05, 4.69) is 11.8 Å². The van der Waals surface area contributed by atoms with E-state index in [1.165, 1.54) is 12.8 Å². The molecule has 0 radical (unpaired) electrons. The van der Waals surface area contributed by atoms with E-state index in [1.54, 1.807) is 7.11 Å². The van der Waals surface area contributed by atoms with Crippen LogP contribution >= 0.6 is 0 Å². The van der Waals surface area contributed by atoms with E-state index in [-0.39, 0.29) is 24.4 Å². The third kappa shape index (κ3) is 7.24. The maximum absolute atomic E-state index is 11.9. The molecule has 1 aromatic rings. The molecule has 6 nitrogen and oxygen atoms in total. The number of benzene rings is 1. The van der Waals surface area contributed by atoms with Crippen molar-refractivity contribution >= 4 is 5.97 Å². The summed E-state index contributed by atoms with van der Waals surface area (Å²) in [5, 5.41) is 10.4. The molecule has 3 unspecified atom stereocenters. The molecule has 3 rings (SSSR count). The predicted molar refractivity (Wildman–Crippen MR) is 117 cm³/mol. The zero-order chi connectivity index (χ0) is 22.2. The maximum Gasteiger partial charge on any atom is 0.309 e. The second-order valence-electron chi connectivity index (χ2n) is 8.71. The SMILES string of the molecule is COCCCOc1cc(COCC(O)C2CC(C(C)C)C(=O)O2)ccc1C#CC1CC1. The van der Waals surface area contributed by atoms with Gasteiger partial charge in [-0.05, 0) is 36.5 Å². The van der Waals surface area contributed by atoms with Crippen molar-refractivity contribution in [1.29, 1.82) is 0 Å². The third-order valence-corrected chi connectivity index (χ3v) is 5.63. The first kappa shape index (κ1) is 23.6. The van der Waals surface area contributed by atoms with E-state index in [9.17, 15) is 9.90 Å². The minimum absolute atomic E-state index is 0.107. The fourth-order valence-corrected chi connectivity index (χ4v) is 3.49. The van der Waals surface area contributed by atoms with E-state index in [1.807, 2.05) is 32.0 Å². The van der Waals surface area contributed by atoms with Crippen LogP contribution in [0.25, 0.3) is 0 Å². The number of aliphatic hydroxyl groups is 1. The molecule has 0 spiro atoms. The van der Waals surface area contributed by atoms with Crippen LogP contribution in [-0.2, 0) is 25.6 Å². The number of carbonyl (C=O) groups excluding carboxylic acids is 1. The van der Waals surface area contributed by atoms with Crippen molar-refractivity contribution in [3.63, 3.8) is 0 Å². The second-order valence-corrected chi connectivity index (χ2v) is 8.71. The number of aliphatic hydroxyl groups excluding tert-OH is 1. The smallest absolute Gasteiger partial charge is 0.309 e. The Morgan fingerprint density at radius 2 is 2.06 bits per heavy atom. The molecule has 1 aliphatic carbocycles. The molecular weight excluding hydrogens is 396 g/mol. The van der Waals surface area contributed by atoms with E-state index in [0.717, 1.165) is 23.3 Å². The summed E-state index contributed by atoms with van der Waals surface area (Å²) in [6.45, 7) is 5.62. The molecule has 1 aromatic carbocycles. The van der Waals surface area contributed by atoms with Gasteiger partial charge in [0.15, 0.2) is 0 Å². The molecule has 0 bridgehead atoms. The van der Waals surface area contributed by atoms with Crippen LogP contribution < -0.4 is 4.74 Å². The fourth-order valence-electron chi connectivity index (χ4n) is 3.49. The molecule has 2 aliphatic rings. The van der Waals surface area contributed by atoms with Crippen LogP contribution in [0.1, 0.15) is 50.7 Å². The zero-order valence-corrected chi connectivity index (χ0v) is 18.8. The van der Waals surface area contributed by atoms with Crippen molar-refractivity contribution in [3.05, 3.63) is 29.3 Å². The summed E-state index contributed by atoms with van der Waals surface area (Å²) >= 11 is 0. The molecule has 1 N–H and O–H groups in total. The van der Waals surface area contributed by atoms with Gasteiger partial charge in [-0.1, -0.05) is 31.8 Å². The highest BCUT2D eigenvalue weighted by Gasteiger charge is 2.39. The van der Waals surface area contributed by atoms with Crippen LogP contribution in [0.15, 0.2) is 18.2 Å². The summed E-state index contributed by atoms with van der Waals surface area (Å²) in [7, 11) is 1.68. The van der Waals surface area contributed by atoms with Gasteiger partial charge in [0.25, 0.3) is 0 Å². The van der Waals surface area contributed by atoms with Crippen LogP contribution in [0.2, 0.25) is 0 Å². The van der Waals surface area contributed by atoms with Gasteiger partial charge in [0.2, 0.25) is 0 Å². The average molecular weight is 431 g/mol. The molecule has 170 valence electrons. The molecule has 1 saturated carbocycles. The highest BCUT2D eigenvalue weighted by atomic mass is 16.6. The summed E-state index contributed by atoms with van der Waals surface area (Å²) in [4.78, 5) is 11.9. The molecule has 0 amide bonds. The van der Waals surface area contributed by atoms with Crippen LogP contribution in [0.3, 0.4) is 0 Å². The van der Waals surface area contributed by atoms with Crippen molar-refractivity contribution in [2.75, 3.05) is 26.9 Å². The number of cyclic esters (lactones) is 1. The lowest BCUT2D eigenvalue weighted by molar-refractivity contribution is -0.150. The van der Waals surface area contributed by atoms with E-state index in [4.69, 9.17) is 18.9 Å². The number of hydrogen-bond acceptors (Lipinski definition) is 6. The first-order valence-corrected chi connectivity index (χ1v) is 11.2. The van der Waals surface area contributed by atoms with Crippen LogP contribution in [0.5, 0.6) is 5.75 Å². The molecule has 1 aliphatic heterocycles. The highest BCUT2D eigenvalue weighted by molar-refractivity contribution is 5.75. The monoisotopic (exact) mass is 430 g/mol. The van der Waals surface area contributed by atoms with Gasteiger partial charge < -0.3 is 24.1 Å². The Kier molecular flexibility index (Phi) is 8.77. The first-order valence-electron chi connectivity index (χ1n) is 11.2. The summed E-state index contributed by atoms with van der Waals surface area (Å²) in [5.74, 6) is 7.61.